The summed E-state index contributed by atoms with van der Waals surface area (Å²) in [6, 6.07) is 0. The number of cyclic esters (lactones) is 1. The smallest absolute Gasteiger partial charge is 0.306 e. The second-order valence-corrected chi connectivity index (χ2v) is 3.51. The van der Waals surface area contributed by atoms with Gasteiger partial charge in [-0.2, -0.15) is 0 Å². The zero-order valence-corrected chi connectivity index (χ0v) is 7.31. The first-order chi connectivity index (χ1) is 5.02. The Morgan fingerprint density at radius 2 is 2.27 bits per heavy atom. The molecule has 0 saturated carbocycles. The van der Waals surface area contributed by atoms with Crippen molar-refractivity contribution in [2.24, 2.45) is 0 Å². The standard InChI is InChI=1S/C9H14O2/c1-7(2)6-9(3)5-4-8(10)11-9/h6H,4-5H2,1-3H3. The van der Waals surface area contributed by atoms with E-state index in [0.717, 1.165) is 6.42 Å². The van der Waals surface area contributed by atoms with Gasteiger partial charge in [0.25, 0.3) is 0 Å². The van der Waals surface area contributed by atoms with Crippen LogP contribution in [0, 0.1) is 0 Å². The third-order valence-corrected chi connectivity index (χ3v) is 1.77. The molecule has 0 bridgehead atoms. The Morgan fingerprint density at radius 1 is 1.64 bits per heavy atom. The molecule has 0 aliphatic carbocycles. The van der Waals surface area contributed by atoms with E-state index in [0.29, 0.717) is 6.42 Å². The summed E-state index contributed by atoms with van der Waals surface area (Å²) in [4.78, 5) is 10.8. The lowest BCUT2D eigenvalue weighted by Gasteiger charge is -2.18. The summed E-state index contributed by atoms with van der Waals surface area (Å²) in [6.07, 6.45) is 3.38. The normalized spacial score (nSPS) is 29.9. The molecule has 0 aromatic carbocycles. The van der Waals surface area contributed by atoms with Gasteiger partial charge in [0.05, 0.1) is 0 Å². The molecule has 2 nitrogen and oxygen atoms in total. The van der Waals surface area contributed by atoms with Crippen LogP contribution in [0.25, 0.3) is 0 Å². The van der Waals surface area contributed by atoms with Crippen LogP contribution in [0.15, 0.2) is 11.6 Å². The highest BCUT2D eigenvalue weighted by Gasteiger charge is 2.33. The van der Waals surface area contributed by atoms with Crippen LogP contribution in [-0.4, -0.2) is 11.6 Å². The van der Waals surface area contributed by atoms with Crippen LogP contribution in [-0.2, 0) is 9.53 Å². The summed E-state index contributed by atoms with van der Waals surface area (Å²) >= 11 is 0. The number of hydrogen-bond acceptors (Lipinski definition) is 2. The van der Waals surface area contributed by atoms with Crippen LogP contribution in [0.3, 0.4) is 0 Å². The van der Waals surface area contributed by atoms with Gasteiger partial charge in [-0.15, -0.1) is 0 Å². The van der Waals surface area contributed by atoms with Gasteiger partial charge in [-0.3, -0.25) is 4.79 Å². The van der Waals surface area contributed by atoms with E-state index in [1.165, 1.54) is 5.57 Å². The number of rotatable bonds is 1. The maximum absolute atomic E-state index is 10.8. The predicted molar refractivity (Wildman–Crippen MR) is 43.2 cm³/mol. The van der Waals surface area contributed by atoms with E-state index in [9.17, 15) is 4.79 Å². The Balaban J connectivity index is 2.70. The molecule has 2 heteroatoms. The molecule has 0 N–H and O–H groups in total. The van der Waals surface area contributed by atoms with E-state index in [4.69, 9.17) is 4.74 Å². The minimum atomic E-state index is -0.323. The molecule has 0 spiro atoms. The van der Waals surface area contributed by atoms with Gasteiger partial charge in [-0.1, -0.05) is 5.57 Å². The molecule has 11 heavy (non-hydrogen) atoms. The van der Waals surface area contributed by atoms with Crippen molar-refractivity contribution in [2.45, 2.75) is 39.2 Å². The quantitative estimate of drug-likeness (QED) is 0.427. The van der Waals surface area contributed by atoms with Gasteiger partial charge in [-0.05, 0) is 26.8 Å². The van der Waals surface area contributed by atoms with Crippen molar-refractivity contribution >= 4 is 5.97 Å². The van der Waals surface area contributed by atoms with Crippen molar-refractivity contribution in [3.63, 3.8) is 0 Å². The largest absolute Gasteiger partial charge is 0.455 e. The van der Waals surface area contributed by atoms with E-state index in [1.807, 2.05) is 26.8 Å². The number of ether oxygens (including phenoxy) is 1. The molecule has 0 amide bonds. The highest BCUT2D eigenvalue weighted by Crippen LogP contribution is 2.28. The van der Waals surface area contributed by atoms with Gasteiger partial charge < -0.3 is 4.74 Å². The average molecular weight is 154 g/mol. The number of carbonyl (C=O) groups excluding carboxylic acids is 1. The van der Waals surface area contributed by atoms with Gasteiger partial charge in [0, 0.05) is 12.8 Å². The average Bonchev–Trinajstić information content (AvgIpc) is 2.08. The maximum Gasteiger partial charge on any atom is 0.306 e. The van der Waals surface area contributed by atoms with E-state index < -0.39 is 0 Å². The Morgan fingerprint density at radius 3 is 2.64 bits per heavy atom. The van der Waals surface area contributed by atoms with Crippen molar-refractivity contribution < 1.29 is 9.53 Å². The van der Waals surface area contributed by atoms with E-state index >= 15 is 0 Å². The van der Waals surface area contributed by atoms with Gasteiger partial charge in [0.1, 0.15) is 5.60 Å². The third-order valence-electron chi connectivity index (χ3n) is 1.77. The summed E-state index contributed by atoms with van der Waals surface area (Å²) < 4.78 is 5.14. The fraction of sp³-hybridized carbons (Fsp3) is 0.667. The lowest BCUT2D eigenvalue weighted by molar-refractivity contribution is -0.144. The second kappa shape index (κ2) is 2.68. The molecule has 1 aliphatic heterocycles. The lowest BCUT2D eigenvalue weighted by Crippen LogP contribution is -2.20. The number of carbonyl (C=O) groups is 1. The fourth-order valence-electron chi connectivity index (χ4n) is 1.42. The molecule has 1 saturated heterocycles. The molecular formula is C9H14O2. The first-order valence-corrected chi connectivity index (χ1v) is 3.90. The molecular weight excluding hydrogens is 140 g/mol. The predicted octanol–water partition coefficient (Wildman–Crippen LogP) is 2.05. The first-order valence-electron chi connectivity index (χ1n) is 3.90. The molecule has 0 aromatic rings. The third kappa shape index (κ3) is 2.07. The van der Waals surface area contributed by atoms with Gasteiger partial charge in [-0.25, -0.2) is 0 Å². The Bertz CT molecular complexity index is 202. The highest BCUT2D eigenvalue weighted by molar-refractivity contribution is 5.72. The zero-order chi connectivity index (χ0) is 8.48. The number of hydrogen-bond donors (Lipinski definition) is 0. The van der Waals surface area contributed by atoms with Crippen molar-refractivity contribution in [3.05, 3.63) is 11.6 Å². The van der Waals surface area contributed by atoms with E-state index in [2.05, 4.69) is 0 Å². The molecule has 1 unspecified atom stereocenters. The highest BCUT2D eigenvalue weighted by atomic mass is 16.6. The zero-order valence-electron chi connectivity index (χ0n) is 7.31. The molecule has 1 atom stereocenters. The minimum Gasteiger partial charge on any atom is -0.455 e. The molecule has 0 aromatic heterocycles. The van der Waals surface area contributed by atoms with Crippen LogP contribution < -0.4 is 0 Å². The molecule has 62 valence electrons. The SMILES string of the molecule is CC(C)=CC1(C)CCC(=O)O1. The summed E-state index contributed by atoms with van der Waals surface area (Å²) in [5.74, 6) is -0.0787. The van der Waals surface area contributed by atoms with Crippen LogP contribution >= 0.6 is 0 Å². The van der Waals surface area contributed by atoms with Crippen LogP contribution in [0.5, 0.6) is 0 Å². The minimum absolute atomic E-state index is 0.0787. The van der Waals surface area contributed by atoms with Gasteiger partial charge >= 0.3 is 5.97 Å². The van der Waals surface area contributed by atoms with Crippen LogP contribution in [0.4, 0.5) is 0 Å². The fourth-order valence-corrected chi connectivity index (χ4v) is 1.42. The maximum atomic E-state index is 10.8. The van der Waals surface area contributed by atoms with Crippen molar-refractivity contribution in [3.8, 4) is 0 Å². The summed E-state index contributed by atoms with van der Waals surface area (Å²) in [6.45, 7) is 5.97. The Hall–Kier alpha value is -0.790. The van der Waals surface area contributed by atoms with E-state index in [1.54, 1.807) is 0 Å². The molecule has 0 radical (unpaired) electrons. The molecule has 1 rings (SSSR count). The monoisotopic (exact) mass is 154 g/mol. The molecule has 1 aliphatic rings. The van der Waals surface area contributed by atoms with Crippen molar-refractivity contribution in [1.29, 1.82) is 0 Å². The Kier molecular flexibility index (Phi) is 2.03. The van der Waals surface area contributed by atoms with Crippen molar-refractivity contribution in [2.75, 3.05) is 0 Å². The number of allylic oxidation sites excluding steroid dienone is 1. The Labute approximate surface area is 67.2 Å². The van der Waals surface area contributed by atoms with Crippen LogP contribution in [0.2, 0.25) is 0 Å². The van der Waals surface area contributed by atoms with Gasteiger partial charge in [0.15, 0.2) is 0 Å². The first kappa shape index (κ1) is 8.31. The topological polar surface area (TPSA) is 26.3 Å². The van der Waals surface area contributed by atoms with E-state index in [-0.39, 0.29) is 11.6 Å². The van der Waals surface area contributed by atoms with Crippen LogP contribution in [0.1, 0.15) is 33.6 Å². The second-order valence-electron chi connectivity index (χ2n) is 3.51. The molecule has 1 heterocycles. The number of esters is 1. The van der Waals surface area contributed by atoms with Gasteiger partial charge in [0.2, 0.25) is 0 Å². The summed E-state index contributed by atoms with van der Waals surface area (Å²) in [5, 5.41) is 0. The summed E-state index contributed by atoms with van der Waals surface area (Å²) in [5.41, 5.74) is 0.873. The van der Waals surface area contributed by atoms with Crippen molar-refractivity contribution in [1.82, 2.24) is 0 Å². The lowest BCUT2D eigenvalue weighted by atomic mass is 10.0. The summed E-state index contributed by atoms with van der Waals surface area (Å²) in [7, 11) is 0. The molecule has 1 fully saturated rings.